The van der Waals surface area contributed by atoms with Gasteiger partial charge in [0.1, 0.15) is 23.4 Å². The maximum Gasteiger partial charge on any atom is 0.408 e. The van der Waals surface area contributed by atoms with Crippen molar-refractivity contribution in [1.29, 1.82) is 0 Å². The van der Waals surface area contributed by atoms with Gasteiger partial charge in [0.25, 0.3) is 0 Å². The second kappa shape index (κ2) is 17.3. The van der Waals surface area contributed by atoms with Crippen LogP contribution in [0.3, 0.4) is 0 Å². The summed E-state index contributed by atoms with van der Waals surface area (Å²) in [5.74, 6) is -1.25. The van der Waals surface area contributed by atoms with Crippen LogP contribution in [0.25, 0.3) is 0 Å². The highest BCUT2D eigenvalue weighted by Gasteiger charge is 2.36. The zero-order valence-corrected chi connectivity index (χ0v) is 27.2. The predicted octanol–water partition coefficient (Wildman–Crippen LogP) is 5.27. The van der Waals surface area contributed by atoms with Crippen LogP contribution >= 0.6 is 0 Å². The van der Waals surface area contributed by atoms with E-state index >= 15 is 0 Å². The predicted molar refractivity (Wildman–Crippen MR) is 169 cm³/mol. The molecule has 0 aromatic heterocycles. The third kappa shape index (κ3) is 11.9. The minimum atomic E-state index is -1.07. The van der Waals surface area contributed by atoms with E-state index in [1.54, 1.807) is 39.8 Å². The molecule has 0 bridgehead atoms. The average molecular weight is 612 g/mol. The van der Waals surface area contributed by atoms with Crippen molar-refractivity contribution in [2.24, 2.45) is 0 Å². The van der Waals surface area contributed by atoms with E-state index in [2.05, 4.69) is 10.6 Å². The summed E-state index contributed by atoms with van der Waals surface area (Å²) in [6.07, 6.45) is 1.70. The lowest BCUT2D eigenvalue weighted by Crippen LogP contribution is -2.54. The van der Waals surface area contributed by atoms with Gasteiger partial charge in [-0.25, -0.2) is 4.79 Å². The Morgan fingerprint density at radius 3 is 2.23 bits per heavy atom. The molecule has 10 nitrogen and oxygen atoms in total. The van der Waals surface area contributed by atoms with Gasteiger partial charge in [0.05, 0.1) is 13.0 Å². The van der Waals surface area contributed by atoms with E-state index in [1.807, 2.05) is 39.0 Å². The first kappa shape index (κ1) is 36.1. The average Bonchev–Trinajstić information content (AvgIpc) is 2.94. The minimum absolute atomic E-state index is 0.00726. The Labute approximate surface area is 261 Å². The number of rotatable bonds is 15. The van der Waals surface area contributed by atoms with Crippen molar-refractivity contribution in [2.45, 2.75) is 98.3 Å². The van der Waals surface area contributed by atoms with Gasteiger partial charge in [0.15, 0.2) is 0 Å². The molecular weight excluding hydrogens is 562 g/mol. The molecule has 3 N–H and O–H groups in total. The maximum absolute atomic E-state index is 14.5. The lowest BCUT2D eigenvalue weighted by molar-refractivity contribution is -0.144. The molecule has 2 atom stereocenters. The minimum Gasteiger partial charge on any atom is -0.508 e. The van der Waals surface area contributed by atoms with E-state index in [0.717, 1.165) is 24.0 Å². The summed E-state index contributed by atoms with van der Waals surface area (Å²) in [7, 11) is 0. The molecule has 2 unspecified atom stereocenters. The van der Waals surface area contributed by atoms with Gasteiger partial charge in [0, 0.05) is 19.5 Å². The van der Waals surface area contributed by atoms with Crippen molar-refractivity contribution in [1.82, 2.24) is 15.5 Å². The summed E-state index contributed by atoms with van der Waals surface area (Å²) in [5.41, 5.74) is 2.52. The van der Waals surface area contributed by atoms with Crippen LogP contribution in [0.4, 0.5) is 4.79 Å². The van der Waals surface area contributed by atoms with E-state index in [4.69, 9.17) is 9.47 Å². The number of nitrogens with zero attached hydrogens (tertiary/aromatic N) is 1. The molecule has 0 radical (unpaired) electrons. The highest BCUT2D eigenvalue weighted by molar-refractivity contribution is 5.92. The molecule has 242 valence electrons. The zero-order chi connectivity index (χ0) is 32.9. The zero-order valence-electron chi connectivity index (χ0n) is 27.2. The topological polar surface area (TPSA) is 134 Å². The van der Waals surface area contributed by atoms with E-state index in [1.165, 1.54) is 17.0 Å². The molecule has 0 aliphatic carbocycles. The van der Waals surface area contributed by atoms with Gasteiger partial charge < -0.3 is 30.1 Å². The van der Waals surface area contributed by atoms with E-state index < -0.39 is 41.6 Å². The molecule has 0 spiro atoms. The third-order valence-corrected chi connectivity index (χ3v) is 6.99. The number of esters is 1. The summed E-state index contributed by atoms with van der Waals surface area (Å²) in [6.45, 7) is 13.4. The van der Waals surface area contributed by atoms with Gasteiger partial charge in [-0.3, -0.25) is 14.4 Å². The molecule has 0 aliphatic heterocycles. The summed E-state index contributed by atoms with van der Waals surface area (Å²) in [4.78, 5) is 54.8. The lowest BCUT2D eigenvalue weighted by Gasteiger charge is -2.35. The van der Waals surface area contributed by atoms with Gasteiger partial charge in [-0.05, 0) is 82.3 Å². The van der Waals surface area contributed by atoms with Crippen LogP contribution < -0.4 is 10.6 Å². The maximum atomic E-state index is 14.5. The Morgan fingerprint density at radius 1 is 0.955 bits per heavy atom. The molecule has 0 aliphatic rings. The summed E-state index contributed by atoms with van der Waals surface area (Å²) >= 11 is 0. The molecule has 44 heavy (non-hydrogen) atoms. The molecule has 0 saturated heterocycles. The van der Waals surface area contributed by atoms with E-state index in [-0.39, 0.29) is 38.3 Å². The molecule has 2 aromatic carbocycles. The number of amides is 3. The second-order valence-corrected chi connectivity index (χ2v) is 11.9. The van der Waals surface area contributed by atoms with Gasteiger partial charge in [0.2, 0.25) is 11.8 Å². The molecule has 2 rings (SSSR count). The van der Waals surface area contributed by atoms with Crippen molar-refractivity contribution < 1.29 is 33.8 Å². The largest absolute Gasteiger partial charge is 0.508 e. The molecule has 10 heteroatoms. The molecule has 3 amide bonds. The number of carbonyl (C=O) groups is 4. The Hall–Kier alpha value is -4.08. The van der Waals surface area contributed by atoms with Crippen molar-refractivity contribution in [3.05, 3.63) is 64.7 Å². The van der Waals surface area contributed by atoms with Crippen molar-refractivity contribution in [3.63, 3.8) is 0 Å². The fourth-order valence-electron chi connectivity index (χ4n) is 4.64. The van der Waals surface area contributed by atoms with Gasteiger partial charge >= 0.3 is 12.1 Å². The number of carbonyl (C=O) groups excluding carboxylic acids is 4. The van der Waals surface area contributed by atoms with E-state index in [0.29, 0.717) is 17.5 Å². The highest BCUT2D eigenvalue weighted by Crippen LogP contribution is 2.26. The van der Waals surface area contributed by atoms with Gasteiger partial charge in [-0.15, -0.1) is 0 Å². The Kier molecular flexibility index (Phi) is 14.2. The summed E-state index contributed by atoms with van der Waals surface area (Å²) in [5, 5.41) is 15.3. The standard InChI is InChI=1S/C34H49N3O7/c1-8-10-11-20-37(30(26-15-12-23(3)24(4)21-26)31(40)35-19-18-29(39)43-9-2)32(41)28(36-33(42)44-34(5,6)7)22-25-13-16-27(38)17-14-25/h12-17,21,28,30,38H,8-11,18-20,22H2,1-7H3,(H,35,40)(H,36,42). The second-order valence-electron chi connectivity index (χ2n) is 11.9. The fraction of sp³-hybridized carbons (Fsp3) is 0.529. The Bertz CT molecular complexity index is 1250. The number of nitrogens with one attached hydrogen (secondary N) is 2. The molecule has 0 fully saturated rings. The van der Waals surface area contributed by atoms with Crippen LogP contribution in [0.1, 0.15) is 88.6 Å². The number of hydrogen-bond donors (Lipinski definition) is 3. The molecular formula is C34H49N3O7. The third-order valence-electron chi connectivity index (χ3n) is 6.99. The van der Waals surface area contributed by atoms with E-state index in [9.17, 15) is 24.3 Å². The summed E-state index contributed by atoms with van der Waals surface area (Å²) < 4.78 is 10.5. The normalized spacial score (nSPS) is 12.5. The van der Waals surface area contributed by atoms with Crippen LogP contribution in [0.2, 0.25) is 0 Å². The number of unbranched alkanes of at least 4 members (excludes halogenated alkanes) is 2. The quantitative estimate of drug-likeness (QED) is 0.184. The van der Waals surface area contributed by atoms with Crippen LogP contribution in [-0.4, -0.2) is 65.2 Å². The number of alkyl carbamates (subject to hydrolysis) is 1. The lowest BCUT2D eigenvalue weighted by atomic mass is 9.97. The number of hydrogen-bond acceptors (Lipinski definition) is 7. The SMILES string of the molecule is CCCCCN(C(=O)C(Cc1ccc(O)cc1)NC(=O)OC(C)(C)C)C(C(=O)NCCC(=O)OCC)c1ccc(C)c(C)c1. The number of aromatic hydroxyl groups is 1. The van der Waals surface area contributed by atoms with Crippen LogP contribution in [0.15, 0.2) is 42.5 Å². The van der Waals surface area contributed by atoms with Gasteiger partial charge in [-0.1, -0.05) is 50.1 Å². The first-order chi connectivity index (χ1) is 20.7. The fourth-order valence-corrected chi connectivity index (χ4v) is 4.64. The highest BCUT2D eigenvalue weighted by atomic mass is 16.6. The molecule has 2 aromatic rings. The smallest absolute Gasteiger partial charge is 0.408 e. The van der Waals surface area contributed by atoms with Crippen LogP contribution in [0.5, 0.6) is 5.75 Å². The first-order valence-electron chi connectivity index (χ1n) is 15.3. The van der Waals surface area contributed by atoms with Crippen LogP contribution in [-0.2, 0) is 30.3 Å². The van der Waals surface area contributed by atoms with Crippen LogP contribution in [0, 0.1) is 13.8 Å². The number of phenols is 1. The van der Waals surface area contributed by atoms with Crippen molar-refractivity contribution in [2.75, 3.05) is 19.7 Å². The monoisotopic (exact) mass is 611 g/mol. The van der Waals surface area contributed by atoms with Crippen molar-refractivity contribution in [3.8, 4) is 5.75 Å². The van der Waals surface area contributed by atoms with Crippen molar-refractivity contribution >= 4 is 23.9 Å². The summed E-state index contributed by atoms with van der Waals surface area (Å²) in [6, 6.07) is 9.91. The molecule has 0 saturated carbocycles. The number of benzene rings is 2. The Morgan fingerprint density at radius 2 is 1.64 bits per heavy atom. The number of phenolic OH excluding ortho intramolecular Hbond substituents is 1. The first-order valence-corrected chi connectivity index (χ1v) is 15.3. The Balaban J connectivity index is 2.55. The molecule has 0 heterocycles. The number of ether oxygens (including phenoxy) is 2. The van der Waals surface area contributed by atoms with Gasteiger partial charge in [-0.2, -0.15) is 0 Å². The number of aryl methyl sites for hydroxylation is 2.